The smallest absolute Gasteiger partial charge is 0.258 e. The van der Waals surface area contributed by atoms with Gasteiger partial charge in [-0.2, -0.15) is 0 Å². The van der Waals surface area contributed by atoms with Gasteiger partial charge in [0, 0.05) is 26.8 Å². The fourth-order valence-corrected chi connectivity index (χ4v) is 2.56. The molecule has 100 valence electrons. The Hall–Kier alpha value is -2.07. The largest absolute Gasteiger partial charge is 0.358 e. The van der Waals surface area contributed by atoms with E-state index in [0.29, 0.717) is 5.56 Å². The molecule has 0 aliphatic carbocycles. The maximum absolute atomic E-state index is 12.5. The molecular weight excluding hydrogens is 316 g/mol. The Morgan fingerprint density at radius 1 is 1.10 bits per heavy atom. The molecule has 0 aliphatic heterocycles. The summed E-state index contributed by atoms with van der Waals surface area (Å²) in [5.41, 5.74) is 3.33. The van der Waals surface area contributed by atoms with Crippen molar-refractivity contribution in [2.45, 2.75) is 6.92 Å². The number of carbonyl (C=O) groups excluding carboxylic acids is 1. The van der Waals surface area contributed by atoms with Crippen molar-refractivity contribution in [2.75, 3.05) is 5.32 Å². The first kappa shape index (κ1) is 12.9. The van der Waals surface area contributed by atoms with Crippen molar-refractivity contribution in [3.8, 4) is 0 Å². The molecule has 1 heterocycles. The molecular formula is C16H13BrN2O. The molecule has 0 saturated carbocycles. The van der Waals surface area contributed by atoms with Crippen LogP contribution in [0.3, 0.4) is 0 Å². The zero-order valence-electron chi connectivity index (χ0n) is 10.9. The van der Waals surface area contributed by atoms with Gasteiger partial charge in [0.25, 0.3) is 5.91 Å². The van der Waals surface area contributed by atoms with E-state index in [1.807, 2.05) is 55.5 Å². The molecule has 0 atom stereocenters. The lowest BCUT2D eigenvalue weighted by Crippen LogP contribution is -2.12. The summed E-state index contributed by atoms with van der Waals surface area (Å²) >= 11 is 3.38. The molecule has 0 aliphatic rings. The van der Waals surface area contributed by atoms with Crippen molar-refractivity contribution in [3.05, 3.63) is 64.3 Å². The molecule has 0 bridgehead atoms. The van der Waals surface area contributed by atoms with Crippen LogP contribution in [0.25, 0.3) is 10.9 Å². The first-order chi connectivity index (χ1) is 9.65. The van der Waals surface area contributed by atoms with E-state index < -0.39 is 0 Å². The van der Waals surface area contributed by atoms with Crippen molar-refractivity contribution in [1.29, 1.82) is 0 Å². The van der Waals surface area contributed by atoms with Crippen LogP contribution in [0.1, 0.15) is 16.1 Å². The number of aryl methyl sites for hydroxylation is 1. The topological polar surface area (TPSA) is 44.9 Å². The number of amides is 1. The summed E-state index contributed by atoms with van der Waals surface area (Å²) in [7, 11) is 0. The van der Waals surface area contributed by atoms with E-state index in [0.717, 1.165) is 26.8 Å². The normalized spacial score (nSPS) is 10.7. The summed E-state index contributed by atoms with van der Waals surface area (Å²) < 4.78 is 0.985. The molecule has 0 spiro atoms. The van der Waals surface area contributed by atoms with Crippen LogP contribution < -0.4 is 5.32 Å². The van der Waals surface area contributed by atoms with Crippen LogP contribution in [-0.2, 0) is 0 Å². The van der Waals surface area contributed by atoms with Crippen LogP contribution in [0.15, 0.2) is 53.0 Å². The predicted octanol–water partition coefficient (Wildman–Crippen LogP) is 4.49. The van der Waals surface area contributed by atoms with E-state index in [-0.39, 0.29) is 5.91 Å². The van der Waals surface area contributed by atoms with Crippen molar-refractivity contribution in [1.82, 2.24) is 4.98 Å². The number of aromatic amines is 1. The lowest BCUT2D eigenvalue weighted by atomic mass is 10.1. The second-order valence-corrected chi connectivity index (χ2v) is 5.55. The molecule has 3 aromatic rings. The van der Waals surface area contributed by atoms with Crippen LogP contribution >= 0.6 is 15.9 Å². The maximum atomic E-state index is 12.5. The summed E-state index contributed by atoms with van der Waals surface area (Å²) in [5, 5.41) is 3.87. The number of rotatable bonds is 2. The van der Waals surface area contributed by atoms with Crippen molar-refractivity contribution in [2.24, 2.45) is 0 Å². The van der Waals surface area contributed by atoms with Gasteiger partial charge in [-0.05, 0) is 37.3 Å². The van der Waals surface area contributed by atoms with Gasteiger partial charge in [0.05, 0.1) is 5.56 Å². The third-order valence-corrected chi connectivity index (χ3v) is 3.75. The number of fused-ring (bicyclic) bond motifs is 1. The lowest BCUT2D eigenvalue weighted by Gasteiger charge is -2.05. The number of carbonyl (C=O) groups is 1. The highest BCUT2D eigenvalue weighted by Gasteiger charge is 2.15. The molecule has 4 heteroatoms. The molecule has 1 aromatic heterocycles. The van der Waals surface area contributed by atoms with E-state index in [4.69, 9.17) is 0 Å². The molecule has 0 unspecified atom stereocenters. The van der Waals surface area contributed by atoms with E-state index in [2.05, 4.69) is 26.2 Å². The van der Waals surface area contributed by atoms with Crippen molar-refractivity contribution < 1.29 is 4.79 Å². The number of benzene rings is 2. The first-order valence-corrected chi connectivity index (χ1v) is 7.08. The highest BCUT2D eigenvalue weighted by molar-refractivity contribution is 9.10. The van der Waals surface area contributed by atoms with Crippen molar-refractivity contribution >= 4 is 38.4 Å². The lowest BCUT2D eigenvalue weighted by molar-refractivity contribution is 0.102. The zero-order valence-corrected chi connectivity index (χ0v) is 12.5. The Morgan fingerprint density at radius 3 is 2.55 bits per heavy atom. The molecule has 2 N–H and O–H groups in total. The number of anilines is 1. The average molecular weight is 329 g/mol. The number of nitrogens with one attached hydrogen (secondary N) is 2. The van der Waals surface area contributed by atoms with Crippen LogP contribution in [0.2, 0.25) is 0 Å². The number of aromatic nitrogens is 1. The fourth-order valence-electron chi connectivity index (χ4n) is 2.30. The zero-order chi connectivity index (χ0) is 14.1. The third-order valence-electron chi connectivity index (χ3n) is 3.22. The summed E-state index contributed by atoms with van der Waals surface area (Å²) in [6, 6.07) is 15.3. The second kappa shape index (κ2) is 5.13. The molecule has 2 aromatic carbocycles. The van der Waals surface area contributed by atoms with E-state index >= 15 is 0 Å². The van der Waals surface area contributed by atoms with Gasteiger partial charge < -0.3 is 10.3 Å². The number of halogens is 1. The minimum atomic E-state index is -0.0951. The molecule has 20 heavy (non-hydrogen) atoms. The summed E-state index contributed by atoms with van der Waals surface area (Å²) in [5.74, 6) is -0.0951. The Morgan fingerprint density at radius 2 is 1.80 bits per heavy atom. The van der Waals surface area contributed by atoms with Gasteiger partial charge in [-0.1, -0.05) is 34.1 Å². The SMILES string of the molecule is Cc1[nH]c2ccccc2c1C(=O)Nc1ccc(Br)cc1. The average Bonchev–Trinajstić information content (AvgIpc) is 2.77. The molecule has 1 amide bonds. The van der Waals surface area contributed by atoms with E-state index in [1.54, 1.807) is 0 Å². The second-order valence-electron chi connectivity index (χ2n) is 4.63. The standard InChI is InChI=1S/C16H13BrN2O/c1-10-15(13-4-2-3-5-14(13)18-10)16(20)19-12-8-6-11(17)7-9-12/h2-9,18H,1H3,(H,19,20). The van der Waals surface area contributed by atoms with Crippen LogP contribution in [0.5, 0.6) is 0 Å². The molecule has 0 fully saturated rings. The Balaban J connectivity index is 1.96. The van der Waals surface area contributed by atoms with Gasteiger partial charge in [-0.25, -0.2) is 0 Å². The van der Waals surface area contributed by atoms with Crippen LogP contribution in [0.4, 0.5) is 5.69 Å². The van der Waals surface area contributed by atoms with Crippen LogP contribution in [-0.4, -0.2) is 10.9 Å². The predicted molar refractivity (Wildman–Crippen MR) is 85.1 cm³/mol. The maximum Gasteiger partial charge on any atom is 0.258 e. The molecule has 3 nitrogen and oxygen atoms in total. The van der Waals surface area contributed by atoms with E-state index in [1.165, 1.54) is 0 Å². The highest BCUT2D eigenvalue weighted by atomic mass is 79.9. The highest BCUT2D eigenvalue weighted by Crippen LogP contribution is 2.23. The van der Waals surface area contributed by atoms with Crippen LogP contribution in [0, 0.1) is 6.92 Å². The quantitative estimate of drug-likeness (QED) is 0.715. The number of hydrogen-bond donors (Lipinski definition) is 2. The Bertz CT molecular complexity index is 775. The number of H-pyrrole nitrogens is 1. The van der Waals surface area contributed by atoms with Gasteiger partial charge in [-0.3, -0.25) is 4.79 Å². The Kier molecular flexibility index (Phi) is 3.32. The summed E-state index contributed by atoms with van der Waals surface area (Å²) in [4.78, 5) is 15.7. The summed E-state index contributed by atoms with van der Waals surface area (Å²) in [6.07, 6.45) is 0. The van der Waals surface area contributed by atoms with Gasteiger partial charge in [0.15, 0.2) is 0 Å². The molecule has 0 radical (unpaired) electrons. The van der Waals surface area contributed by atoms with Gasteiger partial charge in [0.2, 0.25) is 0 Å². The monoisotopic (exact) mass is 328 g/mol. The van der Waals surface area contributed by atoms with E-state index in [9.17, 15) is 4.79 Å². The van der Waals surface area contributed by atoms with Gasteiger partial charge in [-0.15, -0.1) is 0 Å². The fraction of sp³-hybridized carbons (Fsp3) is 0.0625. The summed E-state index contributed by atoms with van der Waals surface area (Å²) in [6.45, 7) is 1.91. The Labute approximate surface area is 125 Å². The third kappa shape index (κ3) is 2.34. The molecule has 0 saturated heterocycles. The van der Waals surface area contributed by atoms with Gasteiger partial charge in [0.1, 0.15) is 0 Å². The minimum Gasteiger partial charge on any atom is -0.358 e. The van der Waals surface area contributed by atoms with Gasteiger partial charge >= 0.3 is 0 Å². The number of hydrogen-bond acceptors (Lipinski definition) is 1. The minimum absolute atomic E-state index is 0.0951. The molecule has 3 rings (SSSR count). The van der Waals surface area contributed by atoms with Crippen molar-refractivity contribution in [3.63, 3.8) is 0 Å². The first-order valence-electron chi connectivity index (χ1n) is 6.29. The number of para-hydroxylation sites is 1.